The molecule has 1 amide bonds. The van der Waals surface area contributed by atoms with Crippen molar-refractivity contribution in [2.45, 2.75) is 26.8 Å². The lowest BCUT2D eigenvalue weighted by atomic mass is 10.3. The first-order valence-corrected chi connectivity index (χ1v) is 6.79. The van der Waals surface area contributed by atoms with Crippen LogP contribution < -0.4 is 5.32 Å². The van der Waals surface area contributed by atoms with Gasteiger partial charge in [0.25, 0.3) is 5.91 Å². The zero-order chi connectivity index (χ0) is 15.2. The molecule has 0 aliphatic rings. The van der Waals surface area contributed by atoms with E-state index in [0.717, 1.165) is 18.8 Å². The molecule has 2 N–H and O–H groups in total. The van der Waals surface area contributed by atoms with Crippen molar-refractivity contribution >= 4 is 11.7 Å². The number of rotatable bonds is 6. The van der Waals surface area contributed by atoms with Crippen molar-refractivity contribution in [3.8, 4) is 0 Å². The van der Waals surface area contributed by atoms with E-state index in [1.807, 2.05) is 6.92 Å². The predicted octanol–water partition coefficient (Wildman–Crippen LogP) is 0.997. The molecule has 0 saturated carbocycles. The van der Waals surface area contributed by atoms with Crippen molar-refractivity contribution in [1.82, 2.24) is 30.0 Å². The van der Waals surface area contributed by atoms with Gasteiger partial charge in [-0.15, -0.1) is 0 Å². The number of carbonyl (C=O) groups excluding carboxylic acids is 1. The van der Waals surface area contributed by atoms with Gasteiger partial charge in [-0.1, -0.05) is 6.92 Å². The molecule has 0 aliphatic carbocycles. The molecule has 21 heavy (non-hydrogen) atoms. The maximum absolute atomic E-state index is 12.2. The average Bonchev–Trinajstić information content (AvgIpc) is 2.90. The summed E-state index contributed by atoms with van der Waals surface area (Å²) in [5.41, 5.74) is 0.298. The fourth-order valence-electron chi connectivity index (χ4n) is 1.72. The molecule has 2 rings (SSSR count). The zero-order valence-corrected chi connectivity index (χ0v) is 12.4. The highest BCUT2D eigenvalue weighted by Crippen LogP contribution is 2.05. The van der Waals surface area contributed by atoms with E-state index < -0.39 is 0 Å². The van der Waals surface area contributed by atoms with Gasteiger partial charge in [-0.3, -0.25) is 9.89 Å². The molecule has 2 aromatic heterocycles. The summed E-state index contributed by atoms with van der Waals surface area (Å²) in [7, 11) is 1.68. The first kappa shape index (κ1) is 14.9. The number of aryl methyl sites for hydroxylation is 1. The summed E-state index contributed by atoms with van der Waals surface area (Å²) in [4.78, 5) is 26.2. The van der Waals surface area contributed by atoms with Crippen LogP contribution in [0.5, 0.6) is 0 Å². The van der Waals surface area contributed by atoms with E-state index in [2.05, 4.69) is 37.4 Å². The Balaban J connectivity index is 1.98. The minimum Gasteiger partial charge on any atom is -0.369 e. The second kappa shape index (κ2) is 6.78. The van der Waals surface area contributed by atoms with Crippen LogP contribution in [0.4, 0.5) is 5.82 Å². The molecule has 2 aromatic rings. The van der Waals surface area contributed by atoms with Crippen LogP contribution in [0.2, 0.25) is 0 Å². The quantitative estimate of drug-likeness (QED) is 0.823. The molecule has 0 atom stereocenters. The van der Waals surface area contributed by atoms with Crippen molar-refractivity contribution in [1.29, 1.82) is 0 Å². The number of aromatic nitrogens is 5. The van der Waals surface area contributed by atoms with E-state index in [4.69, 9.17) is 0 Å². The Labute approximate surface area is 123 Å². The van der Waals surface area contributed by atoms with Gasteiger partial charge in [0.1, 0.15) is 17.3 Å². The lowest BCUT2D eigenvalue weighted by Crippen LogP contribution is -2.27. The first-order valence-electron chi connectivity index (χ1n) is 6.79. The van der Waals surface area contributed by atoms with Gasteiger partial charge in [-0.05, 0) is 13.3 Å². The first-order chi connectivity index (χ1) is 10.1. The predicted molar refractivity (Wildman–Crippen MR) is 77.7 cm³/mol. The van der Waals surface area contributed by atoms with E-state index in [9.17, 15) is 4.79 Å². The van der Waals surface area contributed by atoms with Crippen molar-refractivity contribution in [3.05, 3.63) is 29.7 Å². The lowest BCUT2D eigenvalue weighted by Gasteiger charge is -2.14. The van der Waals surface area contributed by atoms with Gasteiger partial charge in [0.05, 0.1) is 18.9 Å². The summed E-state index contributed by atoms with van der Waals surface area (Å²) < 4.78 is 0. The summed E-state index contributed by atoms with van der Waals surface area (Å²) in [5, 5.41) is 9.86. The second-order valence-electron chi connectivity index (χ2n) is 4.71. The Bertz CT molecular complexity index is 593. The largest absolute Gasteiger partial charge is 0.369 e. The van der Waals surface area contributed by atoms with E-state index >= 15 is 0 Å². The average molecular weight is 289 g/mol. The number of nitrogens with zero attached hydrogens (tertiary/aromatic N) is 5. The zero-order valence-electron chi connectivity index (χ0n) is 12.4. The van der Waals surface area contributed by atoms with Gasteiger partial charge in [-0.25, -0.2) is 15.0 Å². The Morgan fingerprint density at radius 2 is 2.19 bits per heavy atom. The maximum Gasteiger partial charge on any atom is 0.274 e. The minimum atomic E-state index is -0.216. The van der Waals surface area contributed by atoms with E-state index in [-0.39, 0.29) is 5.91 Å². The number of H-pyrrole nitrogens is 1. The molecule has 0 unspecified atom stereocenters. The van der Waals surface area contributed by atoms with Crippen molar-refractivity contribution in [3.63, 3.8) is 0 Å². The molecule has 8 nitrogen and oxygen atoms in total. The van der Waals surface area contributed by atoms with Crippen LogP contribution in [0.1, 0.15) is 35.5 Å². The van der Waals surface area contributed by atoms with Gasteiger partial charge in [-0.2, -0.15) is 5.10 Å². The summed E-state index contributed by atoms with van der Waals surface area (Å²) in [5.74, 6) is 1.74. The van der Waals surface area contributed by atoms with Crippen LogP contribution in [-0.4, -0.2) is 49.5 Å². The molecule has 0 aromatic carbocycles. The number of nitrogens with one attached hydrogen (secondary N) is 2. The smallest absolute Gasteiger partial charge is 0.274 e. The third-order valence-corrected chi connectivity index (χ3v) is 2.80. The Morgan fingerprint density at radius 3 is 2.76 bits per heavy atom. The minimum absolute atomic E-state index is 0.216. The maximum atomic E-state index is 12.2. The van der Waals surface area contributed by atoms with Crippen molar-refractivity contribution in [2.24, 2.45) is 0 Å². The van der Waals surface area contributed by atoms with Crippen LogP contribution in [0, 0.1) is 6.92 Å². The second-order valence-corrected chi connectivity index (χ2v) is 4.71. The van der Waals surface area contributed by atoms with Gasteiger partial charge in [0.15, 0.2) is 5.82 Å². The van der Waals surface area contributed by atoms with Gasteiger partial charge < -0.3 is 10.2 Å². The topological polar surface area (TPSA) is 99.7 Å². The third-order valence-electron chi connectivity index (χ3n) is 2.80. The molecule has 0 saturated heterocycles. The molecule has 0 spiro atoms. The Kier molecular flexibility index (Phi) is 4.81. The van der Waals surface area contributed by atoms with Crippen molar-refractivity contribution < 1.29 is 4.79 Å². The molecule has 2 heterocycles. The van der Waals surface area contributed by atoms with Crippen molar-refractivity contribution in [2.75, 3.05) is 18.9 Å². The van der Waals surface area contributed by atoms with Crippen LogP contribution in [0.3, 0.4) is 0 Å². The summed E-state index contributed by atoms with van der Waals surface area (Å²) in [6.07, 6.45) is 4.04. The number of hydrogen-bond acceptors (Lipinski definition) is 6. The van der Waals surface area contributed by atoms with Crippen LogP contribution >= 0.6 is 0 Å². The fraction of sp³-hybridized carbons (Fsp3) is 0.462. The van der Waals surface area contributed by atoms with E-state index in [1.165, 1.54) is 11.1 Å². The number of anilines is 1. The number of hydrogen-bond donors (Lipinski definition) is 2. The molecular formula is C13H19N7O. The molecule has 0 aliphatic heterocycles. The lowest BCUT2D eigenvalue weighted by molar-refractivity contribution is 0.0775. The van der Waals surface area contributed by atoms with Gasteiger partial charge >= 0.3 is 0 Å². The highest BCUT2D eigenvalue weighted by Gasteiger charge is 2.15. The van der Waals surface area contributed by atoms with Gasteiger partial charge in [0, 0.05) is 13.6 Å². The number of carbonyl (C=O) groups is 1. The molecule has 8 heteroatoms. The monoisotopic (exact) mass is 289 g/mol. The highest BCUT2D eigenvalue weighted by atomic mass is 16.2. The molecule has 0 bridgehead atoms. The highest BCUT2D eigenvalue weighted by molar-refractivity contribution is 5.91. The summed E-state index contributed by atoms with van der Waals surface area (Å²) in [6, 6.07) is 0. The van der Waals surface area contributed by atoms with Crippen LogP contribution in [-0.2, 0) is 6.54 Å². The van der Waals surface area contributed by atoms with Crippen LogP contribution in [0.15, 0.2) is 12.4 Å². The summed E-state index contributed by atoms with van der Waals surface area (Å²) in [6.45, 7) is 5.02. The standard InChI is InChI=1S/C13H19N7O/c1-4-5-14-11-7-15-10(6-16-11)13(21)20(3)8-12-17-9(2)18-19-12/h6-7H,4-5,8H2,1-3H3,(H,14,16)(H,17,18,19). The fourth-order valence-corrected chi connectivity index (χ4v) is 1.72. The SMILES string of the molecule is CCCNc1cnc(C(=O)N(C)Cc2n[nH]c(C)n2)cn1. The third kappa shape index (κ3) is 3.98. The summed E-state index contributed by atoms with van der Waals surface area (Å²) >= 11 is 0. The van der Waals surface area contributed by atoms with E-state index in [1.54, 1.807) is 13.2 Å². The normalized spacial score (nSPS) is 10.4. The molecular weight excluding hydrogens is 270 g/mol. The van der Waals surface area contributed by atoms with E-state index in [0.29, 0.717) is 23.9 Å². The van der Waals surface area contributed by atoms with Gasteiger partial charge in [0.2, 0.25) is 0 Å². The number of amides is 1. The Hall–Kier alpha value is -2.51. The van der Waals surface area contributed by atoms with Crippen LogP contribution in [0.25, 0.3) is 0 Å². The molecule has 112 valence electrons. The molecule has 0 fully saturated rings. The Morgan fingerprint density at radius 1 is 1.38 bits per heavy atom. The number of aromatic amines is 1. The molecule has 0 radical (unpaired) electrons.